The fourth-order valence-electron chi connectivity index (χ4n) is 2.10. The van der Waals surface area contributed by atoms with Gasteiger partial charge in [0.2, 0.25) is 0 Å². The first-order valence-corrected chi connectivity index (χ1v) is 6.59. The lowest BCUT2D eigenvalue weighted by Gasteiger charge is -2.36. The predicted molar refractivity (Wildman–Crippen MR) is 71.7 cm³/mol. The smallest absolute Gasteiger partial charge is 0.407 e. The number of carbonyl (C=O) groups excluding carboxylic acids is 1. The van der Waals surface area contributed by atoms with Gasteiger partial charge in [-0.2, -0.15) is 0 Å². The molecule has 0 bridgehead atoms. The Hall–Kier alpha value is -1.59. The van der Waals surface area contributed by atoms with Gasteiger partial charge in [-0.1, -0.05) is 30.3 Å². The van der Waals surface area contributed by atoms with Crippen LogP contribution in [0.5, 0.6) is 0 Å². The molecule has 0 atom stereocenters. The van der Waals surface area contributed by atoms with Crippen molar-refractivity contribution in [3.8, 4) is 0 Å². The molecule has 1 aromatic rings. The second-order valence-corrected chi connectivity index (χ2v) is 4.75. The number of ether oxygens (including phenoxy) is 1. The Morgan fingerprint density at radius 2 is 2.00 bits per heavy atom. The molecule has 1 fully saturated rings. The number of carbonyl (C=O) groups is 1. The van der Waals surface area contributed by atoms with Crippen molar-refractivity contribution in [1.29, 1.82) is 0 Å². The molecule has 5 heteroatoms. The number of benzene rings is 1. The van der Waals surface area contributed by atoms with Crippen molar-refractivity contribution in [3.63, 3.8) is 0 Å². The first kappa shape index (κ1) is 13.8. The van der Waals surface area contributed by atoms with Gasteiger partial charge in [-0.3, -0.25) is 0 Å². The lowest BCUT2D eigenvalue weighted by atomic mass is 9.87. The van der Waals surface area contributed by atoms with Crippen molar-refractivity contribution in [3.05, 3.63) is 35.9 Å². The maximum atomic E-state index is 11.5. The van der Waals surface area contributed by atoms with Gasteiger partial charge in [0.15, 0.2) is 0 Å². The molecule has 1 amide bonds. The molecule has 104 valence electrons. The summed E-state index contributed by atoms with van der Waals surface area (Å²) >= 11 is 0. The number of aliphatic hydroxyl groups excluding tert-OH is 1. The molecule has 5 nitrogen and oxygen atoms in total. The molecule has 3 N–H and O–H groups in total. The fourth-order valence-corrected chi connectivity index (χ4v) is 2.10. The van der Waals surface area contributed by atoms with E-state index in [1.54, 1.807) is 0 Å². The van der Waals surface area contributed by atoms with Gasteiger partial charge in [-0.15, -0.1) is 0 Å². The van der Waals surface area contributed by atoms with Crippen molar-refractivity contribution in [2.75, 3.05) is 13.2 Å². The first-order valence-electron chi connectivity index (χ1n) is 6.59. The van der Waals surface area contributed by atoms with E-state index in [0.29, 0.717) is 19.2 Å². The number of nitrogens with one attached hydrogen (secondary N) is 2. The van der Waals surface area contributed by atoms with E-state index in [-0.39, 0.29) is 18.7 Å². The predicted octanol–water partition coefficient (Wildman–Crippen LogP) is 1.03. The van der Waals surface area contributed by atoms with E-state index in [4.69, 9.17) is 9.84 Å². The van der Waals surface area contributed by atoms with Gasteiger partial charge < -0.3 is 20.5 Å². The Balaban J connectivity index is 1.59. The number of aliphatic hydroxyl groups is 1. The second-order valence-electron chi connectivity index (χ2n) is 4.75. The van der Waals surface area contributed by atoms with Crippen LogP contribution in [0.15, 0.2) is 30.3 Å². The van der Waals surface area contributed by atoms with E-state index < -0.39 is 0 Å². The monoisotopic (exact) mass is 264 g/mol. The van der Waals surface area contributed by atoms with Gasteiger partial charge in [-0.05, 0) is 18.4 Å². The van der Waals surface area contributed by atoms with Crippen LogP contribution in [0.3, 0.4) is 0 Å². The first-order chi connectivity index (χ1) is 9.28. The lowest BCUT2D eigenvalue weighted by molar-refractivity contribution is 0.125. The zero-order valence-corrected chi connectivity index (χ0v) is 10.8. The van der Waals surface area contributed by atoms with Crippen LogP contribution in [0, 0.1) is 0 Å². The number of alkyl carbamates (subject to hydrolysis) is 1. The standard InChI is InChI=1S/C14H20N2O3/c17-7-6-15-12-8-13(9-12)16-14(18)19-10-11-4-2-1-3-5-11/h1-5,12-13,15,17H,6-10H2,(H,16,18). The SMILES string of the molecule is O=C(NC1CC(NCCO)C1)OCc1ccccc1. The summed E-state index contributed by atoms with van der Waals surface area (Å²) in [6, 6.07) is 10.2. The zero-order chi connectivity index (χ0) is 13.5. The van der Waals surface area contributed by atoms with Crippen molar-refractivity contribution in [2.24, 2.45) is 0 Å². The molecule has 1 saturated carbocycles. The van der Waals surface area contributed by atoms with Gasteiger partial charge in [0, 0.05) is 18.6 Å². The maximum absolute atomic E-state index is 11.5. The zero-order valence-electron chi connectivity index (χ0n) is 10.8. The number of hydrogen-bond donors (Lipinski definition) is 3. The molecule has 1 aliphatic carbocycles. The van der Waals surface area contributed by atoms with Crippen LogP contribution in [-0.2, 0) is 11.3 Å². The van der Waals surface area contributed by atoms with Crippen molar-refractivity contribution in [2.45, 2.75) is 31.5 Å². The second kappa shape index (κ2) is 7.11. The molecule has 1 aromatic carbocycles. The Labute approximate surface area is 113 Å². The molecule has 19 heavy (non-hydrogen) atoms. The molecule has 0 aromatic heterocycles. The number of amides is 1. The Morgan fingerprint density at radius 1 is 1.26 bits per heavy atom. The summed E-state index contributed by atoms with van der Waals surface area (Å²) in [4.78, 5) is 11.5. The van der Waals surface area contributed by atoms with Crippen LogP contribution in [0.25, 0.3) is 0 Å². The third kappa shape index (κ3) is 4.54. The van der Waals surface area contributed by atoms with Crippen LogP contribution in [0.2, 0.25) is 0 Å². The molecule has 0 unspecified atom stereocenters. The Morgan fingerprint density at radius 3 is 2.68 bits per heavy atom. The number of hydrogen-bond acceptors (Lipinski definition) is 4. The van der Waals surface area contributed by atoms with Crippen molar-refractivity contribution in [1.82, 2.24) is 10.6 Å². The average Bonchev–Trinajstić information content (AvgIpc) is 2.40. The van der Waals surface area contributed by atoms with Gasteiger partial charge >= 0.3 is 6.09 Å². The quantitative estimate of drug-likeness (QED) is 0.717. The lowest BCUT2D eigenvalue weighted by Crippen LogP contribution is -2.52. The number of rotatable bonds is 6. The van der Waals surface area contributed by atoms with E-state index in [0.717, 1.165) is 18.4 Å². The van der Waals surface area contributed by atoms with E-state index >= 15 is 0 Å². The largest absolute Gasteiger partial charge is 0.445 e. The van der Waals surface area contributed by atoms with E-state index in [1.165, 1.54) is 0 Å². The highest BCUT2D eigenvalue weighted by Gasteiger charge is 2.29. The molecule has 0 spiro atoms. The maximum Gasteiger partial charge on any atom is 0.407 e. The highest BCUT2D eigenvalue weighted by molar-refractivity contribution is 5.67. The van der Waals surface area contributed by atoms with Gasteiger partial charge in [-0.25, -0.2) is 4.79 Å². The molecule has 0 radical (unpaired) electrons. The molecule has 0 saturated heterocycles. The summed E-state index contributed by atoms with van der Waals surface area (Å²) in [5.41, 5.74) is 0.980. The van der Waals surface area contributed by atoms with Gasteiger partial charge in [0.25, 0.3) is 0 Å². The van der Waals surface area contributed by atoms with Crippen LogP contribution < -0.4 is 10.6 Å². The minimum atomic E-state index is -0.366. The van der Waals surface area contributed by atoms with Crippen molar-refractivity contribution < 1.29 is 14.6 Å². The normalized spacial score (nSPS) is 21.5. The highest BCUT2D eigenvalue weighted by Crippen LogP contribution is 2.19. The Bertz CT molecular complexity index is 391. The summed E-state index contributed by atoms with van der Waals surface area (Å²) in [5.74, 6) is 0. The van der Waals surface area contributed by atoms with E-state index in [1.807, 2.05) is 30.3 Å². The third-order valence-electron chi connectivity index (χ3n) is 3.22. The topological polar surface area (TPSA) is 70.6 Å². The van der Waals surface area contributed by atoms with Gasteiger partial charge in [0.05, 0.1) is 6.61 Å². The molecule has 0 aliphatic heterocycles. The summed E-state index contributed by atoms with van der Waals surface area (Å²) in [6.07, 6.45) is 1.41. The molecule has 0 heterocycles. The summed E-state index contributed by atoms with van der Waals surface area (Å²) < 4.78 is 5.14. The van der Waals surface area contributed by atoms with Crippen LogP contribution in [-0.4, -0.2) is 36.4 Å². The minimum absolute atomic E-state index is 0.147. The summed E-state index contributed by atoms with van der Waals surface area (Å²) in [7, 11) is 0. The fraction of sp³-hybridized carbons (Fsp3) is 0.500. The molecule has 2 rings (SSSR count). The minimum Gasteiger partial charge on any atom is -0.445 e. The third-order valence-corrected chi connectivity index (χ3v) is 3.22. The average molecular weight is 264 g/mol. The van der Waals surface area contributed by atoms with E-state index in [9.17, 15) is 4.79 Å². The Kier molecular flexibility index (Phi) is 5.18. The summed E-state index contributed by atoms with van der Waals surface area (Å²) in [6.45, 7) is 1.05. The van der Waals surface area contributed by atoms with Crippen molar-refractivity contribution >= 4 is 6.09 Å². The van der Waals surface area contributed by atoms with Gasteiger partial charge in [0.1, 0.15) is 6.61 Å². The van der Waals surface area contributed by atoms with Crippen LogP contribution in [0.1, 0.15) is 18.4 Å². The molecular weight excluding hydrogens is 244 g/mol. The molecular formula is C14H20N2O3. The van der Waals surface area contributed by atoms with Crippen LogP contribution >= 0.6 is 0 Å². The van der Waals surface area contributed by atoms with E-state index in [2.05, 4.69) is 10.6 Å². The summed E-state index contributed by atoms with van der Waals surface area (Å²) in [5, 5.41) is 14.7. The highest BCUT2D eigenvalue weighted by atomic mass is 16.5. The van der Waals surface area contributed by atoms with Crippen LogP contribution in [0.4, 0.5) is 4.79 Å². The molecule has 1 aliphatic rings.